The summed E-state index contributed by atoms with van der Waals surface area (Å²) in [6.45, 7) is 8.10. The number of nitrogens with one attached hydrogen (secondary N) is 2. The van der Waals surface area contributed by atoms with Crippen LogP contribution in [0.15, 0.2) is 36.4 Å². The van der Waals surface area contributed by atoms with Crippen molar-refractivity contribution in [2.45, 2.75) is 46.7 Å². The maximum Gasteiger partial charge on any atom is 0.222 e. The van der Waals surface area contributed by atoms with Crippen molar-refractivity contribution in [3.05, 3.63) is 64.2 Å². The molecule has 144 valence electrons. The number of hydrogen-bond acceptors (Lipinski definition) is 3. The van der Waals surface area contributed by atoms with Gasteiger partial charge in [0.1, 0.15) is 5.75 Å². The number of hydrogen-bond donors (Lipinski definition) is 2. The molecule has 0 aliphatic heterocycles. The van der Waals surface area contributed by atoms with Gasteiger partial charge in [-0.15, -0.1) is 0 Å². The quantitative estimate of drug-likeness (QED) is 0.786. The van der Waals surface area contributed by atoms with Gasteiger partial charge >= 0.3 is 0 Å². The van der Waals surface area contributed by atoms with Gasteiger partial charge in [0, 0.05) is 13.5 Å². The summed E-state index contributed by atoms with van der Waals surface area (Å²) in [5, 5.41) is 5.83. The maximum atomic E-state index is 12.5. The van der Waals surface area contributed by atoms with Gasteiger partial charge in [-0.3, -0.25) is 9.59 Å². The minimum absolute atomic E-state index is 0.107. The third kappa shape index (κ3) is 5.84. The standard InChI is InChI=1S/C22H28N2O3/c1-14-10-15(2)20(16(3)11-14)13-23-22(26)12-21(24-17(4)25)18-6-8-19(27-5)9-7-18/h6-11,21H,12-13H2,1-5H3,(H,23,26)(H,24,25). The van der Waals surface area contributed by atoms with E-state index >= 15 is 0 Å². The van der Waals surface area contributed by atoms with Crippen molar-refractivity contribution in [3.63, 3.8) is 0 Å². The van der Waals surface area contributed by atoms with Crippen LogP contribution in [0.2, 0.25) is 0 Å². The lowest BCUT2D eigenvalue weighted by Gasteiger charge is -2.19. The van der Waals surface area contributed by atoms with Gasteiger partial charge in [-0.05, 0) is 55.2 Å². The van der Waals surface area contributed by atoms with Crippen molar-refractivity contribution in [1.82, 2.24) is 10.6 Å². The molecule has 0 heterocycles. The number of amides is 2. The Labute approximate surface area is 161 Å². The number of benzene rings is 2. The van der Waals surface area contributed by atoms with Gasteiger partial charge in [0.2, 0.25) is 11.8 Å². The summed E-state index contributed by atoms with van der Waals surface area (Å²) in [5.41, 5.74) is 5.55. The fourth-order valence-electron chi connectivity index (χ4n) is 3.27. The van der Waals surface area contributed by atoms with Crippen LogP contribution in [0.1, 0.15) is 47.2 Å². The smallest absolute Gasteiger partial charge is 0.222 e. The van der Waals surface area contributed by atoms with Crippen LogP contribution >= 0.6 is 0 Å². The zero-order valence-corrected chi connectivity index (χ0v) is 16.7. The summed E-state index contributed by atoms with van der Waals surface area (Å²) >= 11 is 0. The first-order valence-corrected chi connectivity index (χ1v) is 9.04. The molecule has 5 heteroatoms. The molecule has 0 aliphatic rings. The first kappa shape index (κ1) is 20.5. The molecule has 2 aromatic rings. The molecule has 2 rings (SSSR count). The van der Waals surface area contributed by atoms with E-state index in [2.05, 4.69) is 43.5 Å². The SMILES string of the molecule is COc1ccc(C(CC(=O)NCc2c(C)cc(C)cc2C)NC(C)=O)cc1. The number of ether oxygens (including phenoxy) is 1. The molecule has 0 radical (unpaired) electrons. The van der Waals surface area contributed by atoms with E-state index in [-0.39, 0.29) is 24.3 Å². The molecule has 2 aromatic carbocycles. The second-order valence-corrected chi connectivity index (χ2v) is 6.88. The lowest BCUT2D eigenvalue weighted by molar-refractivity contribution is -0.122. The van der Waals surface area contributed by atoms with E-state index in [0.29, 0.717) is 6.54 Å². The zero-order valence-electron chi connectivity index (χ0n) is 16.7. The van der Waals surface area contributed by atoms with Crippen LogP contribution in [0.5, 0.6) is 5.75 Å². The lowest BCUT2D eigenvalue weighted by Crippen LogP contribution is -2.32. The maximum absolute atomic E-state index is 12.5. The van der Waals surface area contributed by atoms with Crippen LogP contribution in [0, 0.1) is 20.8 Å². The topological polar surface area (TPSA) is 67.4 Å². The van der Waals surface area contributed by atoms with Crippen LogP contribution in [0.3, 0.4) is 0 Å². The molecule has 0 spiro atoms. The molecule has 0 aromatic heterocycles. The molecular weight excluding hydrogens is 340 g/mol. The summed E-state index contributed by atoms with van der Waals surface area (Å²) in [6, 6.07) is 11.2. The number of methoxy groups -OCH3 is 1. The van der Waals surface area contributed by atoms with Crippen LogP contribution in [-0.4, -0.2) is 18.9 Å². The van der Waals surface area contributed by atoms with E-state index < -0.39 is 0 Å². The van der Waals surface area contributed by atoms with Crippen molar-refractivity contribution in [2.75, 3.05) is 7.11 Å². The summed E-state index contributed by atoms with van der Waals surface area (Å²) in [4.78, 5) is 24.1. The third-order valence-electron chi connectivity index (χ3n) is 4.59. The van der Waals surface area contributed by atoms with Crippen molar-refractivity contribution >= 4 is 11.8 Å². The van der Waals surface area contributed by atoms with Gasteiger partial charge in [-0.2, -0.15) is 0 Å². The normalized spacial score (nSPS) is 11.6. The lowest BCUT2D eigenvalue weighted by atomic mass is 9.99. The number of carbonyl (C=O) groups excluding carboxylic acids is 2. The van der Waals surface area contributed by atoms with E-state index in [1.807, 2.05) is 24.3 Å². The Balaban J connectivity index is 2.06. The average molecular weight is 368 g/mol. The van der Waals surface area contributed by atoms with Crippen LogP contribution in [-0.2, 0) is 16.1 Å². The van der Waals surface area contributed by atoms with E-state index in [4.69, 9.17) is 4.74 Å². The van der Waals surface area contributed by atoms with Gasteiger partial charge in [0.25, 0.3) is 0 Å². The molecule has 27 heavy (non-hydrogen) atoms. The Morgan fingerprint density at radius 2 is 1.63 bits per heavy atom. The Hall–Kier alpha value is -2.82. The number of aryl methyl sites for hydroxylation is 3. The van der Waals surface area contributed by atoms with E-state index in [0.717, 1.165) is 16.9 Å². The Morgan fingerprint density at radius 1 is 1.04 bits per heavy atom. The highest BCUT2D eigenvalue weighted by Crippen LogP contribution is 2.21. The second-order valence-electron chi connectivity index (χ2n) is 6.88. The first-order chi connectivity index (χ1) is 12.8. The van der Waals surface area contributed by atoms with E-state index in [1.54, 1.807) is 7.11 Å². The zero-order chi connectivity index (χ0) is 20.0. The molecule has 0 saturated heterocycles. The van der Waals surface area contributed by atoms with Crippen LogP contribution in [0.4, 0.5) is 0 Å². The molecule has 2 N–H and O–H groups in total. The summed E-state index contributed by atoms with van der Waals surface area (Å²) in [5.74, 6) is 0.452. The van der Waals surface area contributed by atoms with Gasteiger partial charge in [-0.25, -0.2) is 0 Å². The third-order valence-corrected chi connectivity index (χ3v) is 4.59. The summed E-state index contributed by atoms with van der Waals surface area (Å²) in [7, 11) is 1.60. The minimum Gasteiger partial charge on any atom is -0.497 e. The second kappa shape index (κ2) is 9.21. The monoisotopic (exact) mass is 368 g/mol. The van der Waals surface area contributed by atoms with Crippen molar-refractivity contribution in [3.8, 4) is 5.75 Å². The van der Waals surface area contributed by atoms with E-state index in [9.17, 15) is 9.59 Å². The average Bonchev–Trinajstić information content (AvgIpc) is 2.60. The molecular formula is C22H28N2O3. The molecule has 0 saturated carbocycles. The Morgan fingerprint density at radius 3 is 2.15 bits per heavy atom. The molecule has 1 unspecified atom stereocenters. The highest BCUT2D eigenvalue weighted by Gasteiger charge is 2.17. The predicted molar refractivity (Wildman–Crippen MR) is 107 cm³/mol. The predicted octanol–water partition coefficient (Wildman–Crippen LogP) is 3.50. The van der Waals surface area contributed by atoms with Gasteiger partial charge in [-0.1, -0.05) is 29.8 Å². The number of carbonyl (C=O) groups is 2. The van der Waals surface area contributed by atoms with Gasteiger partial charge < -0.3 is 15.4 Å². The van der Waals surface area contributed by atoms with Crippen molar-refractivity contribution < 1.29 is 14.3 Å². The van der Waals surface area contributed by atoms with Gasteiger partial charge in [0.15, 0.2) is 0 Å². The minimum atomic E-state index is -0.381. The van der Waals surface area contributed by atoms with Crippen LogP contribution in [0.25, 0.3) is 0 Å². The fourth-order valence-corrected chi connectivity index (χ4v) is 3.27. The summed E-state index contributed by atoms with van der Waals surface area (Å²) < 4.78 is 5.16. The number of rotatable bonds is 7. The molecule has 5 nitrogen and oxygen atoms in total. The molecule has 1 atom stereocenters. The molecule has 0 aliphatic carbocycles. The van der Waals surface area contributed by atoms with Crippen molar-refractivity contribution in [2.24, 2.45) is 0 Å². The van der Waals surface area contributed by atoms with Crippen LogP contribution < -0.4 is 15.4 Å². The van der Waals surface area contributed by atoms with Gasteiger partial charge in [0.05, 0.1) is 19.6 Å². The largest absolute Gasteiger partial charge is 0.497 e. The fraction of sp³-hybridized carbons (Fsp3) is 0.364. The Bertz CT molecular complexity index is 790. The Kier molecular flexibility index (Phi) is 6.99. The molecule has 2 amide bonds. The first-order valence-electron chi connectivity index (χ1n) is 9.04. The molecule has 0 fully saturated rings. The highest BCUT2D eigenvalue weighted by molar-refractivity contribution is 5.79. The van der Waals surface area contributed by atoms with Crippen molar-refractivity contribution in [1.29, 1.82) is 0 Å². The highest BCUT2D eigenvalue weighted by atomic mass is 16.5. The summed E-state index contributed by atoms with van der Waals surface area (Å²) in [6.07, 6.45) is 0.176. The van der Waals surface area contributed by atoms with E-state index in [1.165, 1.54) is 23.6 Å². The molecule has 0 bridgehead atoms.